The Morgan fingerprint density at radius 1 is 1.33 bits per heavy atom. The van der Waals surface area contributed by atoms with Crippen molar-refractivity contribution in [3.05, 3.63) is 40.3 Å². The first kappa shape index (κ1) is 17.1. The molecule has 1 rings (SSSR count). The van der Waals surface area contributed by atoms with Gasteiger partial charge in [-0.15, -0.1) is 4.91 Å². The summed E-state index contributed by atoms with van der Waals surface area (Å²) in [5.74, 6) is -0.757. The maximum atomic E-state index is 12.6. The monoisotopic (exact) mass is 303 g/mol. The topological polar surface area (TPSA) is 55.7 Å². The molecule has 0 radical (unpaired) electrons. The molecule has 0 heterocycles. The highest BCUT2D eigenvalue weighted by molar-refractivity contribution is 5.76. The lowest BCUT2D eigenvalue weighted by Crippen LogP contribution is -2.24. The predicted molar refractivity (Wildman–Crippen MR) is 70.6 cm³/mol. The maximum Gasteiger partial charge on any atom is 0.416 e. The summed E-state index contributed by atoms with van der Waals surface area (Å²) < 4.78 is 42.5. The highest BCUT2D eigenvalue weighted by Crippen LogP contribution is 2.29. The zero-order valence-electron chi connectivity index (χ0n) is 11.7. The second-order valence-corrected chi connectivity index (χ2v) is 4.84. The minimum atomic E-state index is -4.42. The molecule has 0 aromatic heterocycles. The van der Waals surface area contributed by atoms with E-state index >= 15 is 0 Å². The number of aryl methyl sites for hydroxylation is 1. The Labute approximate surface area is 120 Å². The molecule has 0 amide bonds. The van der Waals surface area contributed by atoms with Crippen LogP contribution in [-0.2, 0) is 22.1 Å². The van der Waals surface area contributed by atoms with Gasteiger partial charge in [0.05, 0.1) is 11.7 Å². The highest BCUT2D eigenvalue weighted by Gasteiger charge is 2.30. The summed E-state index contributed by atoms with van der Waals surface area (Å²) in [6.07, 6.45) is -4.66. The molecule has 7 heteroatoms. The van der Waals surface area contributed by atoms with Gasteiger partial charge in [-0.1, -0.05) is 23.4 Å². The van der Waals surface area contributed by atoms with Gasteiger partial charge in [0.15, 0.2) is 6.04 Å². The molecule has 0 saturated heterocycles. The predicted octanol–water partition coefficient (Wildman–Crippen LogP) is 3.72. The lowest BCUT2D eigenvalue weighted by Gasteiger charge is -2.12. The Kier molecular flexibility index (Phi) is 5.87. The Balaban J connectivity index is 2.69. The first-order chi connectivity index (χ1) is 9.74. The van der Waals surface area contributed by atoms with Gasteiger partial charge in [0.1, 0.15) is 0 Å². The zero-order valence-corrected chi connectivity index (χ0v) is 11.7. The number of alkyl halides is 3. The summed E-state index contributed by atoms with van der Waals surface area (Å²) in [6, 6.07) is 3.54. The van der Waals surface area contributed by atoms with E-state index in [1.807, 2.05) is 0 Å². The number of carbonyl (C=O) groups excluding carboxylic acids is 1. The van der Waals surface area contributed by atoms with E-state index in [0.717, 1.165) is 12.1 Å². The van der Waals surface area contributed by atoms with Gasteiger partial charge >= 0.3 is 12.1 Å². The minimum absolute atomic E-state index is 0.0103. The second kappa shape index (κ2) is 7.19. The van der Waals surface area contributed by atoms with Crippen molar-refractivity contribution in [2.75, 3.05) is 0 Å². The van der Waals surface area contributed by atoms with Crippen molar-refractivity contribution >= 4 is 5.97 Å². The average molecular weight is 303 g/mol. The first-order valence-corrected chi connectivity index (χ1v) is 6.43. The third kappa shape index (κ3) is 5.53. The van der Waals surface area contributed by atoms with E-state index in [1.54, 1.807) is 13.8 Å². The molecule has 0 bridgehead atoms. The molecule has 1 unspecified atom stereocenters. The molecular weight excluding hydrogens is 287 g/mol. The van der Waals surface area contributed by atoms with Crippen molar-refractivity contribution in [1.82, 2.24) is 0 Å². The van der Waals surface area contributed by atoms with Gasteiger partial charge in [0.25, 0.3) is 0 Å². The number of carbonyl (C=O) groups is 1. The van der Waals surface area contributed by atoms with Crippen molar-refractivity contribution in [2.45, 2.75) is 45.0 Å². The number of esters is 1. The van der Waals surface area contributed by atoms with Crippen molar-refractivity contribution in [1.29, 1.82) is 0 Å². The molecule has 1 aromatic carbocycles. The lowest BCUT2D eigenvalue weighted by atomic mass is 10.0. The summed E-state index contributed by atoms with van der Waals surface area (Å²) in [5.41, 5.74) is -0.379. The molecule has 0 aliphatic rings. The Bertz CT molecular complexity index is 500. The number of nitroso groups, excluding NO2 is 1. The van der Waals surface area contributed by atoms with Crippen molar-refractivity contribution in [2.24, 2.45) is 5.18 Å². The van der Waals surface area contributed by atoms with Crippen LogP contribution < -0.4 is 0 Å². The van der Waals surface area contributed by atoms with Crippen LogP contribution in [-0.4, -0.2) is 18.1 Å². The number of benzene rings is 1. The Morgan fingerprint density at radius 3 is 2.52 bits per heavy atom. The number of rotatable bonds is 6. The molecule has 116 valence electrons. The summed E-state index contributed by atoms with van der Waals surface area (Å²) in [7, 11) is 0. The van der Waals surface area contributed by atoms with Crippen LogP contribution in [0.2, 0.25) is 0 Å². The van der Waals surface area contributed by atoms with E-state index in [9.17, 15) is 22.9 Å². The van der Waals surface area contributed by atoms with Crippen LogP contribution in [0.4, 0.5) is 13.2 Å². The van der Waals surface area contributed by atoms with E-state index in [0.29, 0.717) is 5.56 Å². The number of nitrogens with zero attached hydrogens (tertiary/aromatic N) is 1. The van der Waals surface area contributed by atoms with Crippen LogP contribution in [0, 0.1) is 4.91 Å². The molecule has 1 aromatic rings. The van der Waals surface area contributed by atoms with Gasteiger partial charge < -0.3 is 4.74 Å². The van der Waals surface area contributed by atoms with Gasteiger partial charge in [0, 0.05) is 0 Å². The third-order valence-corrected chi connectivity index (χ3v) is 2.71. The number of hydrogen-bond donors (Lipinski definition) is 0. The number of ether oxygens (including phenoxy) is 1. The fourth-order valence-electron chi connectivity index (χ4n) is 1.73. The van der Waals surface area contributed by atoms with Gasteiger partial charge in [-0.05, 0) is 38.3 Å². The standard InChI is InChI=1S/C14H16F3NO3/c1-9(2)21-13(19)12(18-20)7-6-10-4-3-5-11(8-10)14(15,16)17/h3-5,8-9,12H,6-7H2,1-2H3. The quantitative estimate of drug-likeness (QED) is 0.594. The fraction of sp³-hybridized carbons (Fsp3) is 0.500. The fourth-order valence-corrected chi connectivity index (χ4v) is 1.73. The van der Waals surface area contributed by atoms with Gasteiger partial charge in [-0.2, -0.15) is 13.2 Å². The normalized spacial score (nSPS) is 13.0. The van der Waals surface area contributed by atoms with Gasteiger partial charge in [-0.25, -0.2) is 4.79 Å². The summed E-state index contributed by atoms with van der Waals surface area (Å²) >= 11 is 0. The second-order valence-electron chi connectivity index (χ2n) is 4.84. The maximum absolute atomic E-state index is 12.6. The van der Waals surface area contributed by atoms with E-state index in [2.05, 4.69) is 5.18 Å². The van der Waals surface area contributed by atoms with E-state index in [4.69, 9.17) is 4.74 Å². The molecule has 0 N–H and O–H groups in total. The molecule has 0 spiro atoms. The molecular formula is C14H16F3NO3. The molecule has 4 nitrogen and oxygen atoms in total. The van der Waals surface area contributed by atoms with Crippen molar-refractivity contribution in [3.8, 4) is 0 Å². The average Bonchev–Trinajstić information content (AvgIpc) is 2.38. The van der Waals surface area contributed by atoms with Crippen LogP contribution in [0.25, 0.3) is 0 Å². The highest BCUT2D eigenvalue weighted by atomic mass is 19.4. The summed E-state index contributed by atoms with van der Waals surface area (Å²) in [6.45, 7) is 3.26. The van der Waals surface area contributed by atoms with Gasteiger partial charge in [-0.3, -0.25) is 0 Å². The van der Waals surface area contributed by atoms with E-state index in [-0.39, 0.29) is 18.9 Å². The molecule has 21 heavy (non-hydrogen) atoms. The van der Waals surface area contributed by atoms with Crippen LogP contribution >= 0.6 is 0 Å². The zero-order chi connectivity index (χ0) is 16.0. The molecule has 0 saturated carbocycles. The van der Waals surface area contributed by atoms with E-state index < -0.39 is 23.8 Å². The minimum Gasteiger partial charge on any atom is -0.461 e. The summed E-state index contributed by atoms with van der Waals surface area (Å²) in [5, 5.41) is 2.68. The lowest BCUT2D eigenvalue weighted by molar-refractivity contribution is -0.149. The van der Waals surface area contributed by atoms with Crippen molar-refractivity contribution < 1.29 is 22.7 Å². The Morgan fingerprint density at radius 2 is 2.00 bits per heavy atom. The summed E-state index contributed by atoms with van der Waals surface area (Å²) in [4.78, 5) is 22.2. The largest absolute Gasteiger partial charge is 0.461 e. The van der Waals surface area contributed by atoms with Crippen molar-refractivity contribution in [3.63, 3.8) is 0 Å². The number of halogens is 3. The van der Waals surface area contributed by atoms with Crippen LogP contribution in [0.15, 0.2) is 29.4 Å². The van der Waals surface area contributed by atoms with E-state index in [1.165, 1.54) is 12.1 Å². The first-order valence-electron chi connectivity index (χ1n) is 6.43. The molecule has 0 aliphatic heterocycles. The smallest absolute Gasteiger partial charge is 0.416 e. The number of hydrogen-bond acceptors (Lipinski definition) is 4. The van der Waals surface area contributed by atoms with Crippen LogP contribution in [0.5, 0.6) is 0 Å². The van der Waals surface area contributed by atoms with Gasteiger partial charge in [0.2, 0.25) is 0 Å². The third-order valence-electron chi connectivity index (χ3n) is 2.71. The molecule has 1 atom stereocenters. The SMILES string of the molecule is CC(C)OC(=O)C(CCc1cccc(C(F)(F)F)c1)N=O. The van der Waals surface area contributed by atoms with Crippen LogP contribution in [0.3, 0.4) is 0 Å². The molecule has 0 aliphatic carbocycles. The van der Waals surface area contributed by atoms with Crippen LogP contribution in [0.1, 0.15) is 31.4 Å². The Hall–Kier alpha value is -1.92. The molecule has 0 fully saturated rings.